The highest BCUT2D eigenvalue weighted by atomic mass is 35.5. The molecule has 0 radical (unpaired) electrons. The molecule has 0 saturated heterocycles. The molecule has 0 heterocycles. The molecule has 51 heavy (non-hydrogen) atoms. The van der Waals surface area contributed by atoms with Crippen molar-refractivity contribution in [2.24, 2.45) is 0 Å². The van der Waals surface area contributed by atoms with Crippen LogP contribution in [0.25, 0.3) is 0 Å². The number of benzene rings is 6. The summed E-state index contributed by atoms with van der Waals surface area (Å²) in [5.41, 5.74) is 2.72. The molecule has 6 nitrogen and oxygen atoms in total. The van der Waals surface area contributed by atoms with Gasteiger partial charge in [0.2, 0.25) is 0 Å². The first-order valence-corrected chi connectivity index (χ1v) is 18.4. The SMILES string of the molecule is Cc1ccc(Sc2ccccc2C(=O)Oc2ccc(Sc3ccc(C)cc3)c(C(=O)Oc3ccc(Sc4ccc(Cl)cc4)c(C(=O)O)c3)c2)cc1. The van der Waals surface area contributed by atoms with Crippen LogP contribution in [-0.2, 0) is 0 Å². The standard InChI is InChI=1S/C41H29ClO6S3/c1-25-7-15-30(16-8-25)49-36-6-4-3-5-33(36)40(45)47-29-14-22-38(51-31-17-9-26(2)10-18-31)35(24-29)41(46)48-28-13-21-37(34(23-28)39(43)44)50-32-19-11-27(42)12-20-32/h3-24H,1-2H3,(H,43,44). The molecule has 10 heteroatoms. The van der Waals surface area contributed by atoms with Crippen molar-refractivity contribution in [3.05, 3.63) is 166 Å². The number of esters is 2. The molecule has 0 saturated carbocycles. The summed E-state index contributed by atoms with van der Waals surface area (Å²) in [6, 6.07) is 39.3. The Balaban J connectivity index is 1.27. The maximum atomic E-state index is 13.8. The van der Waals surface area contributed by atoms with Crippen LogP contribution in [0.2, 0.25) is 5.02 Å². The van der Waals surface area contributed by atoms with E-state index in [0.717, 1.165) is 30.7 Å². The highest BCUT2D eigenvalue weighted by Gasteiger charge is 2.21. The molecule has 0 fully saturated rings. The second kappa shape index (κ2) is 16.4. The maximum absolute atomic E-state index is 13.8. The van der Waals surface area contributed by atoms with Gasteiger partial charge in [0.1, 0.15) is 11.5 Å². The quantitative estimate of drug-likeness (QED) is 0.103. The van der Waals surface area contributed by atoms with Gasteiger partial charge in [0.05, 0.1) is 16.7 Å². The molecule has 6 aromatic rings. The lowest BCUT2D eigenvalue weighted by Gasteiger charge is -2.14. The van der Waals surface area contributed by atoms with Crippen LogP contribution in [0.3, 0.4) is 0 Å². The second-order valence-corrected chi connectivity index (χ2v) is 15.1. The number of rotatable bonds is 11. The third-order valence-electron chi connectivity index (χ3n) is 7.42. The van der Waals surface area contributed by atoms with E-state index >= 15 is 0 Å². The van der Waals surface area contributed by atoms with Crippen molar-refractivity contribution in [2.75, 3.05) is 0 Å². The molecule has 6 rings (SSSR count). The molecule has 1 N–H and O–H groups in total. The summed E-state index contributed by atoms with van der Waals surface area (Å²) in [5.74, 6) is -2.30. The Morgan fingerprint density at radius 3 is 1.43 bits per heavy atom. The van der Waals surface area contributed by atoms with Crippen LogP contribution in [0.4, 0.5) is 0 Å². The van der Waals surface area contributed by atoms with Gasteiger partial charge in [-0.05, 0) is 111 Å². The molecule has 0 amide bonds. The number of hydrogen-bond donors (Lipinski definition) is 1. The summed E-state index contributed by atoms with van der Waals surface area (Å²) in [5, 5.41) is 10.6. The first-order chi connectivity index (χ1) is 24.6. The average Bonchev–Trinajstić information content (AvgIpc) is 3.12. The van der Waals surface area contributed by atoms with E-state index in [9.17, 15) is 19.5 Å². The van der Waals surface area contributed by atoms with Crippen molar-refractivity contribution >= 4 is 64.8 Å². The number of ether oxygens (including phenoxy) is 2. The smallest absolute Gasteiger partial charge is 0.344 e. The minimum Gasteiger partial charge on any atom is -0.478 e. The van der Waals surface area contributed by atoms with E-state index in [2.05, 4.69) is 0 Å². The van der Waals surface area contributed by atoms with Gasteiger partial charge < -0.3 is 14.6 Å². The Kier molecular flexibility index (Phi) is 11.5. The predicted octanol–water partition coefficient (Wildman–Crippen LogP) is 11.5. The summed E-state index contributed by atoms with van der Waals surface area (Å²) in [4.78, 5) is 44.0. The van der Waals surface area contributed by atoms with Gasteiger partial charge in [-0.3, -0.25) is 0 Å². The molecule has 0 bridgehead atoms. The number of carbonyl (C=O) groups excluding carboxylic acids is 2. The van der Waals surface area contributed by atoms with Crippen molar-refractivity contribution in [2.45, 2.75) is 43.2 Å². The van der Waals surface area contributed by atoms with Crippen molar-refractivity contribution in [1.29, 1.82) is 0 Å². The van der Waals surface area contributed by atoms with Crippen LogP contribution in [0.1, 0.15) is 42.2 Å². The van der Waals surface area contributed by atoms with Gasteiger partial charge in [-0.2, -0.15) is 0 Å². The Bertz CT molecular complexity index is 2220. The Labute approximate surface area is 313 Å². The number of aromatic carboxylic acids is 1. The molecular weight excluding hydrogens is 720 g/mol. The summed E-state index contributed by atoms with van der Waals surface area (Å²) < 4.78 is 11.6. The fourth-order valence-corrected chi connectivity index (χ4v) is 7.69. The average molecular weight is 749 g/mol. The molecule has 0 atom stereocenters. The van der Waals surface area contributed by atoms with E-state index in [1.165, 1.54) is 47.4 Å². The van der Waals surface area contributed by atoms with Gasteiger partial charge in [0.15, 0.2) is 0 Å². The van der Waals surface area contributed by atoms with E-state index < -0.39 is 17.9 Å². The number of aryl methyl sites for hydroxylation is 2. The summed E-state index contributed by atoms with van der Waals surface area (Å²) in [7, 11) is 0. The summed E-state index contributed by atoms with van der Waals surface area (Å²) >= 11 is 10.1. The second-order valence-electron chi connectivity index (χ2n) is 11.3. The van der Waals surface area contributed by atoms with Crippen LogP contribution < -0.4 is 9.47 Å². The lowest BCUT2D eigenvalue weighted by molar-refractivity contribution is 0.0683. The molecule has 0 aliphatic rings. The fraction of sp³-hybridized carbons (Fsp3) is 0.0488. The zero-order chi connectivity index (χ0) is 35.9. The largest absolute Gasteiger partial charge is 0.478 e. The van der Waals surface area contributed by atoms with E-state index in [4.69, 9.17) is 21.1 Å². The first kappa shape index (κ1) is 35.9. The minimum absolute atomic E-state index is 0.0284. The number of hydrogen-bond acceptors (Lipinski definition) is 8. The molecule has 0 unspecified atom stereocenters. The molecular formula is C41H29ClO6S3. The van der Waals surface area contributed by atoms with Crippen LogP contribution in [-0.4, -0.2) is 23.0 Å². The van der Waals surface area contributed by atoms with E-state index in [0.29, 0.717) is 20.4 Å². The molecule has 6 aromatic carbocycles. The third-order valence-corrected chi connectivity index (χ3v) is 10.9. The summed E-state index contributed by atoms with van der Waals surface area (Å²) in [6.07, 6.45) is 0. The highest BCUT2D eigenvalue weighted by Crippen LogP contribution is 2.37. The van der Waals surface area contributed by atoms with Gasteiger partial charge in [-0.1, -0.05) is 94.4 Å². The van der Waals surface area contributed by atoms with Crippen molar-refractivity contribution in [1.82, 2.24) is 0 Å². The Morgan fingerprint density at radius 1 is 0.510 bits per heavy atom. The first-order valence-electron chi connectivity index (χ1n) is 15.6. The monoisotopic (exact) mass is 748 g/mol. The maximum Gasteiger partial charge on any atom is 0.344 e. The van der Waals surface area contributed by atoms with Gasteiger partial charge in [0, 0.05) is 34.4 Å². The number of carboxylic acid groups (broad SMARTS) is 1. The highest BCUT2D eigenvalue weighted by molar-refractivity contribution is 8.00. The lowest BCUT2D eigenvalue weighted by Crippen LogP contribution is -2.13. The van der Waals surface area contributed by atoms with Crippen molar-refractivity contribution in [3.63, 3.8) is 0 Å². The van der Waals surface area contributed by atoms with Crippen molar-refractivity contribution in [3.8, 4) is 11.5 Å². The zero-order valence-corrected chi connectivity index (χ0v) is 30.5. The number of carboxylic acids is 1. The lowest BCUT2D eigenvalue weighted by atomic mass is 10.2. The van der Waals surface area contributed by atoms with Crippen LogP contribution in [0.5, 0.6) is 11.5 Å². The molecule has 0 aromatic heterocycles. The minimum atomic E-state index is -1.17. The van der Waals surface area contributed by atoms with Crippen molar-refractivity contribution < 1.29 is 29.0 Å². The van der Waals surface area contributed by atoms with Crippen LogP contribution >= 0.6 is 46.9 Å². The van der Waals surface area contributed by atoms with Crippen LogP contribution in [0, 0.1) is 13.8 Å². The molecule has 254 valence electrons. The van der Waals surface area contributed by atoms with Gasteiger partial charge in [-0.25, -0.2) is 14.4 Å². The summed E-state index contributed by atoms with van der Waals surface area (Å²) in [6.45, 7) is 4.00. The van der Waals surface area contributed by atoms with E-state index in [-0.39, 0.29) is 22.6 Å². The van der Waals surface area contributed by atoms with Gasteiger partial charge in [0.25, 0.3) is 0 Å². The molecule has 0 spiro atoms. The number of carbonyl (C=O) groups is 3. The third kappa shape index (κ3) is 9.45. The predicted molar refractivity (Wildman–Crippen MR) is 202 cm³/mol. The Hall–Kier alpha value is -4.93. The zero-order valence-electron chi connectivity index (χ0n) is 27.3. The fourth-order valence-electron chi connectivity index (χ4n) is 4.79. The molecule has 0 aliphatic heterocycles. The van der Waals surface area contributed by atoms with Crippen LogP contribution in [0.15, 0.2) is 163 Å². The van der Waals surface area contributed by atoms with E-state index in [1.54, 1.807) is 60.7 Å². The topological polar surface area (TPSA) is 89.9 Å². The van der Waals surface area contributed by atoms with Gasteiger partial charge in [-0.15, -0.1) is 0 Å². The van der Waals surface area contributed by atoms with Gasteiger partial charge >= 0.3 is 17.9 Å². The molecule has 0 aliphatic carbocycles. The Morgan fingerprint density at radius 2 is 0.922 bits per heavy atom. The van der Waals surface area contributed by atoms with E-state index in [1.807, 2.05) is 74.5 Å². The normalized spacial score (nSPS) is 10.8. The number of halogens is 1.